The van der Waals surface area contributed by atoms with Gasteiger partial charge < -0.3 is 10.1 Å². The minimum atomic E-state index is 0.767. The van der Waals surface area contributed by atoms with E-state index in [0.717, 1.165) is 45.3 Å². The Hall–Kier alpha value is -2.10. The Balaban J connectivity index is 2.68. The lowest BCUT2D eigenvalue weighted by molar-refractivity contribution is 0.411. The number of anilines is 1. The van der Waals surface area contributed by atoms with Crippen LogP contribution in [0, 0.1) is 27.7 Å². The van der Waals surface area contributed by atoms with Crippen LogP contribution in [-0.2, 0) is 0 Å². The molecular formula is C16H21N3O. The molecule has 0 fully saturated rings. The maximum absolute atomic E-state index is 5.37. The SMILES string of the molecule is CNc1nc(C)nc(-c2cc(C)c(OC)cc2C)c1C. The smallest absolute Gasteiger partial charge is 0.132 e. The predicted molar refractivity (Wildman–Crippen MR) is 82.5 cm³/mol. The van der Waals surface area contributed by atoms with Crippen molar-refractivity contribution in [2.24, 2.45) is 0 Å². The van der Waals surface area contributed by atoms with Crippen LogP contribution in [0.3, 0.4) is 0 Å². The molecule has 2 rings (SSSR count). The number of ether oxygens (including phenoxy) is 1. The van der Waals surface area contributed by atoms with Crippen LogP contribution in [0.25, 0.3) is 11.3 Å². The van der Waals surface area contributed by atoms with Crippen molar-refractivity contribution in [2.45, 2.75) is 27.7 Å². The molecule has 0 aliphatic heterocycles. The summed E-state index contributed by atoms with van der Waals surface area (Å²) in [4.78, 5) is 9.03. The molecule has 4 nitrogen and oxygen atoms in total. The second-order valence-corrected chi connectivity index (χ2v) is 4.98. The van der Waals surface area contributed by atoms with E-state index < -0.39 is 0 Å². The fourth-order valence-corrected chi connectivity index (χ4v) is 2.40. The van der Waals surface area contributed by atoms with Crippen LogP contribution < -0.4 is 10.1 Å². The molecule has 0 saturated carbocycles. The number of methoxy groups -OCH3 is 1. The first kappa shape index (κ1) is 14.3. The number of benzene rings is 1. The highest BCUT2D eigenvalue weighted by Crippen LogP contribution is 2.32. The standard InChI is InChI=1S/C16H21N3O/c1-9-8-14(20-6)10(2)7-13(9)15-11(3)16(17-5)19-12(4)18-15/h7-8H,1-6H3,(H,17,18,19). The summed E-state index contributed by atoms with van der Waals surface area (Å²) >= 11 is 0. The first-order valence-corrected chi connectivity index (χ1v) is 6.66. The maximum atomic E-state index is 5.37. The molecule has 106 valence electrons. The molecular weight excluding hydrogens is 250 g/mol. The van der Waals surface area contributed by atoms with E-state index in [9.17, 15) is 0 Å². The summed E-state index contributed by atoms with van der Waals surface area (Å²) in [5, 5.41) is 3.13. The molecule has 0 radical (unpaired) electrons. The number of nitrogens with zero attached hydrogens (tertiary/aromatic N) is 2. The lowest BCUT2D eigenvalue weighted by atomic mass is 9.99. The largest absolute Gasteiger partial charge is 0.496 e. The Morgan fingerprint density at radius 2 is 1.70 bits per heavy atom. The van der Waals surface area contributed by atoms with Gasteiger partial charge in [0.2, 0.25) is 0 Å². The number of nitrogens with one attached hydrogen (secondary N) is 1. The lowest BCUT2D eigenvalue weighted by Crippen LogP contribution is -2.03. The molecule has 1 heterocycles. The maximum Gasteiger partial charge on any atom is 0.132 e. The summed E-state index contributed by atoms with van der Waals surface area (Å²) < 4.78 is 5.37. The fourth-order valence-electron chi connectivity index (χ4n) is 2.40. The average molecular weight is 271 g/mol. The van der Waals surface area contributed by atoms with Crippen LogP contribution in [-0.4, -0.2) is 24.1 Å². The highest BCUT2D eigenvalue weighted by Gasteiger charge is 2.14. The first-order valence-electron chi connectivity index (χ1n) is 6.66. The lowest BCUT2D eigenvalue weighted by Gasteiger charge is -2.15. The number of rotatable bonds is 3. The van der Waals surface area contributed by atoms with Crippen LogP contribution in [0.5, 0.6) is 5.75 Å². The van der Waals surface area contributed by atoms with Gasteiger partial charge in [-0.2, -0.15) is 0 Å². The van der Waals surface area contributed by atoms with Crippen molar-refractivity contribution >= 4 is 5.82 Å². The summed E-state index contributed by atoms with van der Waals surface area (Å²) in [6.07, 6.45) is 0. The molecule has 1 N–H and O–H groups in total. The highest BCUT2D eigenvalue weighted by molar-refractivity contribution is 5.72. The second-order valence-electron chi connectivity index (χ2n) is 4.98. The number of aromatic nitrogens is 2. The summed E-state index contributed by atoms with van der Waals surface area (Å²) in [7, 11) is 3.57. The van der Waals surface area contributed by atoms with Gasteiger partial charge in [-0.3, -0.25) is 0 Å². The molecule has 0 aliphatic rings. The normalized spacial score (nSPS) is 10.5. The Kier molecular flexibility index (Phi) is 3.93. The van der Waals surface area contributed by atoms with Crippen molar-refractivity contribution < 1.29 is 4.74 Å². The molecule has 1 aromatic heterocycles. The molecule has 0 aliphatic carbocycles. The van der Waals surface area contributed by atoms with E-state index in [0.29, 0.717) is 0 Å². The Bertz CT molecular complexity index is 651. The van der Waals surface area contributed by atoms with Crippen LogP contribution in [0.1, 0.15) is 22.5 Å². The van der Waals surface area contributed by atoms with Gasteiger partial charge in [-0.25, -0.2) is 9.97 Å². The monoisotopic (exact) mass is 271 g/mol. The van der Waals surface area contributed by atoms with E-state index in [-0.39, 0.29) is 0 Å². The van der Waals surface area contributed by atoms with Crippen LogP contribution in [0.2, 0.25) is 0 Å². The predicted octanol–water partition coefficient (Wildman–Crippen LogP) is 3.43. The zero-order chi connectivity index (χ0) is 14.9. The number of aryl methyl sites for hydroxylation is 3. The van der Waals surface area contributed by atoms with Gasteiger partial charge >= 0.3 is 0 Å². The van der Waals surface area contributed by atoms with Crippen molar-refractivity contribution in [2.75, 3.05) is 19.5 Å². The summed E-state index contributed by atoms with van der Waals surface area (Å²) in [6.45, 7) is 8.08. The third kappa shape index (κ3) is 2.46. The van der Waals surface area contributed by atoms with Crippen molar-refractivity contribution in [1.29, 1.82) is 0 Å². The van der Waals surface area contributed by atoms with Crippen molar-refractivity contribution in [1.82, 2.24) is 9.97 Å². The molecule has 0 spiro atoms. The van der Waals surface area contributed by atoms with E-state index in [2.05, 4.69) is 34.3 Å². The molecule has 0 unspecified atom stereocenters. The van der Waals surface area contributed by atoms with Crippen molar-refractivity contribution in [3.05, 3.63) is 34.6 Å². The molecule has 4 heteroatoms. The van der Waals surface area contributed by atoms with E-state index in [4.69, 9.17) is 4.74 Å². The first-order chi connectivity index (χ1) is 9.47. The van der Waals surface area contributed by atoms with Gasteiger partial charge in [0.15, 0.2) is 0 Å². The van der Waals surface area contributed by atoms with Crippen molar-refractivity contribution in [3.63, 3.8) is 0 Å². The van der Waals surface area contributed by atoms with E-state index >= 15 is 0 Å². The van der Waals surface area contributed by atoms with Crippen LogP contribution in [0.15, 0.2) is 12.1 Å². The van der Waals surface area contributed by atoms with Gasteiger partial charge in [0.05, 0.1) is 12.8 Å². The van der Waals surface area contributed by atoms with Gasteiger partial charge in [0, 0.05) is 18.2 Å². The number of hydrogen-bond acceptors (Lipinski definition) is 4. The minimum Gasteiger partial charge on any atom is -0.496 e. The van der Waals surface area contributed by atoms with Gasteiger partial charge in [-0.05, 0) is 51.0 Å². The zero-order valence-corrected chi connectivity index (χ0v) is 13.0. The molecule has 2 aromatic rings. The Labute approximate surface area is 120 Å². The highest BCUT2D eigenvalue weighted by atomic mass is 16.5. The fraction of sp³-hybridized carbons (Fsp3) is 0.375. The number of hydrogen-bond donors (Lipinski definition) is 1. The minimum absolute atomic E-state index is 0.767. The molecule has 0 amide bonds. The van der Waals surface area contributed by atoms with Crippen LogP contribution in [0.4, 0.5) is 5.82 Å². The van der Waals surface area contributed by atoms with Gasteiger partial charge in [-0.1, -0.05) is 0 Å². The van der Waals surface area contributed by atoms with Gasteiger partial charge in [0.1, 0.15) is 17.4 Å². The molecule has 0 atom stereocenters. The van der Waals surface area contributed by atoms with E-state index in [1.807, 2.05) is 27.8 Å². The third-order valence-corrected chi connectivity index (χ3v) is 3.49. The average Bonchev–Trinajstić information content (AvgIpc) is 2.43. The summed E-state index contributed by atoms with van der Waals surface area (Å²) in [5.41, 5.74) is 5.42. The van der Waals surface area contributed by atoms with Crippen molar-refractivity contribution in [3.8, 4) is 17.0 Å². The quantitative estimate of drug-likeness (QED) is 0.929. The molecule has 0 saturated heterocycles. The molecule has 1 aromatic carbocycles. The van der Waals surface area contributed by atoms with Gasteiger partial charge in [-0.15, -0.1) is 0 Å². The second kappa shape index (κ2) is 5.49. The zero-order valence-electron chi connectivity index (χ0n) is 13.0. The topological polar surface area (TPSA) is 47.0 Å². The third-order valence-electron chi connectivity index (χ3n) is 3.49. The summed E-state index contributed by atoms with van der Waals surface area (Å²) in [5.74, 6) is 2.55. The van der Waals surface area contributed by atoms with E-state index in [1.54, 1.807) is 7.11 Å². The Morgan fingerprint density at radius 3 is 2.30 bits per heavy atom. The summed E-state index contributed by atoms with van der Waals surface area (Å²) in [6, 6.07) is 4.18. The van der Waals surface area contributed by atoms with Gasteiger partial charge in [0.25, 0.3) is 0 Å². The van der Waals surface area contributed by atoms with E-state index in [1.165, 1.54) is 0 Å². The molecule has 20 heavy (non-hydrogen) atoms. The Morgan fingerprint density at radius 1 is 1.00 bits per heavy atom. The van der Waals surface area contributed by atoms with Crippen LogP contribution >= 0.6 is 0 Å². The molecule has 0 bridgehead atoms.